The summed E-state index contributed by atoms with van der Waals surface area (Å²) < 4.78 is 5.18. The molecule has 1 aliphatic heterocycles. The molecule has 114 valence electrons. The van der Waals surface area contributed by atoms with E-state index in [1.165, 1.54) is 0 Å². The Kier molecular flexibility index (Phi) is 6.65. The van der Waals surface area contributed by atoms with Gasteiger partial charge in [0, 0.05) is 6.42 Å². The number of ether oxygens (including phenoxy) is 1. The average molecular weight is 278 g/mol. The highest BCUT2D eigenvalue weighted by molar-refractivity contribution is 4.97. The van der Waals surface area contributed by atoms with Crippen LogP contribution in [-0.4, -0.2) is 62.3 Å². The van der Waals surface area contributed by atoms with E-state index in [4.69, 9.17) is 9.84 Å². The second-order valence-corrected chi connectivity index (χ2v) is 5.28. The molecule has 5 N–H and O–H groups in total. The molecule has 1 fully saturated rings. The van der Waals surface area contributed by atoms with Crippen molar-refractivity contribution in [1.29, 1.82) is 0 Å². The number of hydrogen-bond acceptors (Lipinski definition) is 6. The van der Waals surface area contributed by atoms with Gasteiger partial charge in [0.2, 0.25) is 0 Å². The molecule has 1 rings (SSSR count). The second-order valence-electron chi connectivity index (χ2n) is 5.28. The zero-order chi connectivity index (χ0) is 14.5. The van der Waals surface area contributed by atoms with Crippen LogP contribution in [-0.2, 0) is 4.74 Å². The molecule has 0 amide bonds. The van der Waals surface area contributed by atoms with E-state index in [1.807, 2.05) is 0 Å². The van der Waals surface area contributed by atoms with E-state index >= 15 is 0 Å². The highest BCUT2D eigenvalue weighted by Gasteiger charge is 2.54. The van der Waals surface area contributed by atoms with Gasteiger partial charge in [-0.3, -0.25) is 0 Å². The number of aliphatic hydroxyl groups excluding tert-OH is 4. The Balaban J connectivity index is 2.47. The van der Waals surface area contributed by atoms with Gasteiger partial charge in [0.05, 0.1) is 6.61 Å². The summed E-state index contributed by atoms with van der Waals surface area (Å²) in [6.45, 7) is 1.51. The minimum absolute atomic E-state index is 0.198. The third kappa shape index (κ3) is 4.11. The zero-order valence-electron chi connectivity index (χ0n) is 11.4. The van der Waals surface area contributed by atoms with Gasteiger partial charge in [-0.1, -0.05) is 32.6 Å². The van der Waals surface area contributed by atoms with Crippen molar-refractivity contribution in [3.63, 3.8) is 0 Å². The molecule has 0 unspecified atom stereocenters. The normalized spacial score (nSPS) is 36.6. The highest BCUT2D eigenvalue weighted by atomic mass is 16.7. The van der Waals surface area contributed by atoms with Gasteiger partial charge in [-0.25, -0.2) is 0 Å². The summed E-state index contributed by atoms with van der Waals surface area (Å²) in [5.74, 6) is -1.84. The Bertz CT molecular complexity index is 262. The first-order valence-electron chi connectivity index (χ1n) is 7.01. The molecular formula is C13H26O6. The van der Waals surface area contributed by atoms with Crippen LogP contribution < -0.4 is 0 Å². The first-order chi connectivity index (χ1) is 8.96. The van der Waals surface area contributed by atoms with Gasteiger partial charge in [0.1, 0.15) is 24.4 Å². The summed E-state index contributed by atoms with van der Waals surface area (Å²) in [7, 11) is 0. The monoisotopic (exact) mass is 278 g/mol. The molecule has 1 saturated heterocycles. The molecule has 1 heterocycles. The van der Waals surface area contributed by atoms with E-state index in [9.17, 15) is 20.4 Å². The van der Waals surface area contributed by atoms with Crippen molar-refractivity contribution < 1.29 is 30.3 Å². The van der Waals surface area contributed by atoms with E-state index < -0.39 is 36.8 Å². The summed E-state index contributed by atoms with van der Waals surface area (Å²) in [4.78, 5) is 0. The second kappa shape index (κ2) is 7.52. The van der Waals surface area contributed by atoms with Gasteiger partial charge in [-0.15, -0.1) is 0 Å². The predicted octanol–water partition coefficient (Wildman–Crippen LogP) is -0.491. The molecule has 0 aliphatic carbocycles. The quantitative estimate of drug-likeness (QED) is 0.383. The van der Waals surface area contributed by atoms with E-state index in [0.717, 1.165) is 25.7 Å². The third-order valence-electron chi connectivity index (χ3n) is 3.67. The van der Waals surface area contributed by atoms with E-state index in [-0.39, 0.29) is 6.42 Å². The number of aliphatic hydroxyl groups is 5. The van der Waals surface area contributed by atoms with E-state index in [2.05, 4.69) is 6.92 Å². The van der Waals surface area contributed by atoms with Crippen molar-refractivity contribution in [2.45, 2.75) is 75.7 Å². The van der Waals surface area contributed by atoms with Gasteiger partial charge in [0.15, 0.2) is 5.79 Å². The number of hydrogen-bond donors (Lipinski definition) is 5. The minimum atomic E-state index is -1.84. The van der Waals surface area contributed by atoms with Crippen LogP contribution in [0.2, 0.25) is 0 Å². The Hall–Kier alpha value is -0.240. The van der Waals surface area contributed by atoms with Crippen LogP contribution in [0.4, 0.5) is 0 Å². The molecule has 6 heteroatoms. The molecule has 0 spiro atoms. The maximum Gasteiger partial charge on any atom is 0.195 e. The fraction of sp³-hybridized carbons (Fsp3) is 1.00. The van der Waals surface area contributed by atoms with Crippen molar-refractivity contribution >= 4 is 0 Å². The predicted molar refractivity (Wildman–Crippen MR) is 68.3 cm³/mol. The third-order valence-corrected chi connectivity index (χ3v) is 3.67. The Morgan fingerprint density at radius 1 is 1.16 bits per heavy atom. The lowest BCUT2D eigenvalue weighted by atomic mass is 9.98. The lowest BCUT2D eigenvalue weighted by molar-refractivity contribution is -0.242. The molecule has 0 aromatic carbocycles. The van der Waals surface area contributed by atoms with Crippen LogP contribution in [0.5, 0.6) is 0 Å². The van der Waals surface area contributed by atoms with Gasteiger partial charge in [0.25, 0.3) is 0 Å². The van der Waals surface area contributed by atoms with Gasteiger partial charge in [-0.2, -0.15) is 0 Å². The first kappa shape index (κ1) is 16.8. The first-order valence-corrected chi connectivity index (χ1v) is 7.01. The summed E-state index contributed by atoms with van der Waals surface area (Å²) in [6.07, 6.45) is -0.287. The SMILES string of the molecule is CCCCCCC[C@@]1(O)O[C@@H]([C@H](O)CO)[C@@H](O)[C@H]1O. The lowest BCUT2D eigenvalue weighted by Gasteiger charge is -2.26. The van der Waals surface area contributed by atoms with Crippen molar-refractivity contribution in [1.82, 2.24) is 0 Å². The van der Waals surface area contributed by atoms with Gasteiger partial charge < -0.3 is 30.3 Å². The van der Waals surface area contributed by atoms with Gasteiger partial charge in [-0.05, 0) is 6.42 Å². The lowest BCUT2D eigenvalue weighted by Crippen LogP contribution is -2.43. The van der Waals surface area contributed by atoms with Crippen molar-refractivity contribution in [3.05, 3.63) is 0 Å². The molecule has 0 bridgehead atoms. The summed E-state index contributed by atoms with van der Waals surface area (Å²) in [6, 6.07) is 0. The zero-order valence-corrected chi connectivity index (χ0v) is 11.4. The van der Waals surface area contributed by atoms with Crippen LogP contribution in [0.3, 0.4) is 0 Å². The van der Waals surface area contributed by atoms with Crippen LogP contribution in [0.25, 0.3) is 0 Å². The Labute approximate surface area is 113 Å². The maximum absolute atomic E-state index is 10.2. The fourth-order valence-electron chi connectivity index (χ4n) is 2.42. The highest BCUT2D eigenvalue weighted by Crippen LogP contribution is 2.34. The molecular weight excluding hydrogens is 252 g/mol. The van der Waals surface area contributed by atoms with Crippen LogP contribution >= 0.6 is 0 Å². The van der Waals surface area contributed by atoms with E-state index in [0.29, 0.717) is 6.42 Å². The van der Waals surface area contributed by atoms with Crippen molar-refractivity contribution in [2.24, 2.45) is 0 Å². The minimum Gasteiger partial charge on any atom is -0.394 e. The molecule has 6 nitrogen and oxygen atoms in total. The molecule has 0 radical (unpaired) electrons. The average Bonchev–Trinajstić information content (AvgIpc) is 2.63. The molecule has 1 aliphatic rings. The van der Waals surface area contributed by atoms with Crippen LogP contribution in [0.15, 0.2) is 0 Å². The van der Waals surface area contributed by atoms with Crippen LogP contribution in [0.1, 0.15) is 45.4 Å². The maximum atomic E-state index is 10.2. The Morgan fingerprint density at radius 3 is 2.37 bits per heavy atom. The fourth-order valence-corrected chi connectivity index (χ4v) is 2.42. The summed E-state index contributed by atoms with van der Waals surface area (Å²) in [5, 5.41) is 48.0. The Morgan fingerprint density at radius 2 is 1.79 bits per heavy atom. The summed E-state index contributed by atoms with van der Waals surface area (Å²) in [5.41, 5.74) is 0. The van der Waals surface area contributed by atoms with Gasteiger partial charge >= 0.3 is 0 Å². The topological polar surface area (TPSA) is 110 Å². The van der Waals surface area contributed by atoms with Crippen molar-refractivity contribution in [3.8, 4) is 0 Å². The number of unbranched alkanes of at least 4 members (excludes halogenated alkanes) is 4. The molecule has 0 aromatic heterocycles. The molecule has 0 aromatic rings. The van der Waals surface area contributed by atoms with Crippen molar-refractivity contribution in [2.75, 3.05) is 6.61 Å². The molecule has 0 saturated carbocycles. The number of rotatable bonds is 8. The summed E-state index contributed by atoms with van der Waals surface area (Å²) >= 11 is 0. The molecule has 5 atom stereocenters. The van der Waals surface area contributed by atoms with Crippen LogP contribution in [0, 0.1) is 0 Å². The molecule has 19 heavy (non-hydrogen) atoms. The largest absolute Gasteiger partial charge is 0.394 e. The van der Waals surface area contributed by atoms with E-state index in [1.54, 1.807) is 0 Å². The standard InChI is InChI=1S/C13H26O6/c1-2-3-4-5-6-7-13(18)12(17)10(16)11(19-13)9(15)8-14/h9-12,14-18H,2-8H2,1H3/t9-,10-,11+,12-,13-/m1/s1. The smallest absolute Gasteiger partial charge is 0.195 e.